The van der Waals surface area contributed by atoms with E-state index in [9.17, 15) is 14.0 Å². The Labute approximate surface area is 97.3 Å². The molecule has 0 aliphatic carbocycles. The zero-order chi connectivity index (χ0) is 12.6. The van der Waals surface area contributed by atoms with Crippen molar-refractivity contribution in [2.45, 2.75) is 19.4 Å². The average Bonchev–Trinajstić information content (AvgIpc) is 2.30. The fourth-order valence-electron chi connectivity index (χ4n) is 1.71. The van der Waals surface area contributed by atoms with Crippen molar-refractivity contribution in [2.75, 3.05) is 7.11 Å². The molecule has 0 saturated heterocycles. The maximum Gasteiger partial charge on any atom is 0.347 e. The SMILES string of the molecule is COC(=O)C1CC(=O)c2cc(F)c(C)cc2O1. The van der Waals surface area contributed by atoms with Gasteiger partial charge in [-0.25, -0.2) is 9.18 Å². The predicted octanol–water partition coefficient (Wildman–Crippen LogP) is 1.64. The summed E-state index contributed by atoms with van der Waals surface area (Å²) in [6.07, 6.45) is -1.06. The number of benzene rings is 1. The van der Waals surface area contributed by atoms with Gasteiger partial charge < -0.3 is 9.47 Å². The number of carbonyl (C=O) groups is 2. The number of hydrogen-bond acceptors (Lipinski definition) is 4. The normalized spacial score (nSPS) is 18.3. The minimum atomic E-state index is -0.940. The zero-order valence-electron chi connectivity index (χ0n) is 9.45. The second-order valence-corrected chi connectivity index (χ2v) is 3.85. The molecule has 4 nitrogen and oxygen atoms in total. The first-order chi connectivity index (χ1) is 8.02. The quantitative estimate of drug-likeness (QED) is 0.698. The van der Waals surface area contributed by atoms with E-state index in [1.165, 1.54) is 13.2 Å². The summed E-state index contributed by atoms with van der Waals surface area (Å²) < 4.78 is 23.1. The Morgan fingerprint density at radius 1 is 1.53 bits per heavy atom. The number of fused-ring (bicyclic) bond motifs is 1. The summed E-state index contributed by atoms with van der Waals surface area (Å²) in [6, 6.07) is 2.55. The van der Waals surface area contributed by atoms with Crippen molar-refractivity contribution in [1.29, 1.82) is 0 Å². The topological polar surface area (TPSA) is 52.6 Å². The van der Waals surface area contributed by atoms with E-state index < -0.39 is 17.9 Å². The van der Waals surface area contributed by atoms with Crippen LogP contribution < -0.4 is 4.74 Å². The zero-order valence-corrected chi connectivity index (χ0v) is 9.45. The van der Waals surface area contributed by atoms with Gasteiger partial charge in [0.2, 0.25) is 6.10 Å². The van der Waals surface area contributed by atoms with Crippen molar-refractivity contribution in [3.8, 4) is 5.75 Å². The first-order valence-electron chi connectivity index (χ1n) is 5.10. The van der Waals surface area contributed by atoms with Crippen LogP contribution in [0.4, 0.5) is 4.39 Å². The van der Waals surface area contributed by atoms with Crippen LogP contribution in [-0.2, 0) is 9.53 Å². The van der Waals surface area contributed by atoms with Gasteiger partial charge in [-0.3, -0.25) is 4.79 Å². The molecule has 0 N–H and O–H groups in total. The summed E-state index contributed by atoms with van der Waals surface area (Å²) in [7, 11) is 1.22. The van der Waals surface area contributed by atoms with Gasteiger partial charge in [-0.1, -0.05) is 0 Å². The number of esters is 1. The van der Waals surface area contributed by atoms with Crippen molar-refractivity contribution in [3.63, 3.8) is 0 Å². The van der Waals surface area contributed by atoms with Crippen LogP contribution in [0.1, 0.15) is 22.3 Å². The van der Waals surface area contributed by atoms with E-state index in [1.807, 2.05) is 0 Å². The van der Waals surface area contributed by atoms with Crippen LogP contribution in [0.15, 0.2) is 12.1 Å². The Balaban J connectivity index is 2.39. The maximum absolute atomic E-state index is 13.3. The molecule has 0 bridgehead atoms. The number of ketones is 1. The van der Waals surface area contributed by atoms with Crippen LogP contribution in [0.2, 0.25) is 0 Å². The molecule has 0 radical (unpaired) electrons. The van der Waals surface area contributed by atoms with E-state index in [2.05, 4.69) is 4.74 Å². The van der Waals surface area contributed by atoms with Crippen molar-refractivity contribution >= 4 is 11.8 Å². The van der Waals surface area contributed by atoms with Gasteiger partial charge in [0.05, 0.1) is 19.1 Å². The standard InChI is InChI=1S/C12H11FO4/c1-6-3-10-7(4-8(6)13)9(14)5-11(17-10)12(15)16-2/h3-4,11H,5H2,1-2H3. The Morgan fingerprint density at radius 2 is 2.24 bits per heavy atom. The lowest BCUT2D eigenvalue weighted by Gasteiger charge is -2.23. The molecule has 0 saturated carbocycles. The number of methoxy groups -OCH3 is 1. The molecule has 0 spiro atoms. The number of ether oxygens (including phenoxy) is 2. The van der Waals surface area contributed by atoms with Gasteiger partial charge in [0.25, 0.3) is 0 Å². The van der Waals surface area contributed by atoms with Gasteiger partial charge in [0.1, 0.15) is 11.6 Å². The summed E-state index contributed by atoms with van der Waals surface area (Å²) in [5.41, 5.74) is 0.537. The van der Waals surface area contributed by atoms with Crippen molar-refractivity contribution in [1.82, 2.24) is 0 Å². The molecule has 1 atom stereocenters. The van der Waals surface area contributed by atoms with Crippen LogP contribution in [0, 0.1) is 12.7 Å². The van der Waals surface area contributed by atoms with Gasteiger partial charge in [-0.05, 0) is 24.6 Å². The second kappa shape index (κ2) is 4.16. The van der Waals surface area contributed by atoms with E-state index in [0.717, 1.165) is 6.07 Å². The Morgan fingerprint density at radius 3 is 2.88 bits per heavy atom. The van der Waals surface area contributed by atoms with Gasteiger partial charge >= 0.3 is 5.97 Å². The second-order valence-electron chi connectivity index (χ2n) is 3.85. The summed E-state index contributed by atoms with van der Waals surface area (Å²) in [5.74, 6) is -1.15. The molecule has 1 aromatic carbocycles. The van der Waals surface area contributed by atoms with Gasteiger partial charge in [0.15, 0.2) is 5.78 Å². The molecule has 0 amide bonds. The minimum Gasteiger partial charge on any atom is -0.477 e. The Bertz CT molecular complexity index is 496. The molecule has 1 heterocycles. The van der Waals surface area contributed by atoms with Crippen LogP contribution >= 0.6 is 0 Å². The number of carbonyl (C=O) groups excluding carboxylic acids is 2. The molecule has 1 aliphatic heterocycles. The number of rotatable bonds is 1. The third-order valence-corrected chi connectivity index (χ3v) is 2.67. The lowest BCUT2D eigenvalue weighted by atomic mass is 9.99. The molecule has 0 fully saturated rings. The maximum atomic E-state index is 13.3. The average molecular weight is 238 g/mol. The van der Waals surface area contributed by atoms with E-state index >= 15 is 0 Å². The first-order valence-corrected chi connectivity index (χ1v) is 5.10. The summed E-state index contributed by atoms with van der Waals surface area (Å²) in [4.78, 5) is 23.0. The Hall–Kier alpha value is -1.91. The summed E-state index contributed by atoms with van der Waals surface area (Å²) in [5, 5.41) is 0. The van der Waals surface area contributed by atoms with Crippen LogP contribution in [0.25, 0.3) is 0 Å². The summed E-state index contributed by atoms with van der Waals surface area (Å²) in [6.45, 7) is 1.56. The van der Waals surface area contributed by atoms with Gasteiger partial charge in [-0.2, -0.15) is 0 Å². The molecule has 2 rings (SSSR count). The molecule has 1 unspecified atom stereocenters. The molecule has 0 aromatic heterocycles. The monoisotopic (exact) mass is 238 g/mol. The molecule has 17 heavy (non-hydrogen) atoms. The predicted molar refractivity (Wildman–Crippen MR) is 56.5 cm³/mol. The lowest BCUT2D eigenvalue weighted by molar-refractivity contribution is -0.149. The first kappa shape index (κ1) is 11.6. The van der Waals surface area contributed by atoms with E-state index in [4.69, 9.17) is 4.74 Å². The lowest BCUT2D eigenvalue weighted by Crippen LogP contribution is -2.35. The van der Waals surface area contributed by atoms with Crippen molar-refractivity contribution in [3.05, 3.63) is 29.1 Å². The van der Waals surface area contributed by atoms with Gasteiger partial charge in [-0.15, -0.1) is 0 Å². The molecular weight excluding hydrogens is 227 g/mol. The molecular formula is C12H11FO4. The third kappa shape index (κ3) is 2.00. The summed E-state index contributed by atoms with van der Waals surface area (Å²) >= 11 is 0. The number of hydrogen-bond donors (Lipinski definition) is 0. The van der Waals surface area contributed by atoms with E-state index in [1.54, 1.807) is 6.92 Å². The third-order valence-electron chi connectivity index (χ3n) is 2.67. The highest BCUT2D eigenvalue weighted by atomic mass is 19.1. The van der Waals surface area contributed by atoms with Crippen LogP contribution in [0.5, 0.6) is 5.75 Å². The molecule has 1 aliphatic rings. The molecule has 90 valence electrons. The number of Topliss-reactive ketones (excluding diaryl/α,β-unsaturated/α-hetero) is 1. The Kier molecular flexibility index (Phi) is 2.83. The largest absolute Gasteiger partial charge is 0.477 e. The fourth-order valence-corrected chi connectivity index (χ4v) is 1.71. The van der Waals surface area contributed by atoms with Crippen LogP contribution in [0.3, 0.4) is 0 Å². The highest BCUT2D eigenvalue weighted by molar-refractivity contribution is 6.02. The van der Waals surface area contributed by atoms with Crippen LogP contribution in [-0.4, -0.2) is 25.0 Å². The molecule has 1 aromatic rings. The minimum absolute atomic E-state index is 0.123. The van der Waals surface area contributed by atoms with Gasteiger partial charge in [0, 0.05) is 0 Å². The van der Waals surface area contributed by atoms with E-state index in [0.29, 0.717) is 5.56 Å². The molecule has 5 heteroatoms. The highest BCUT2D eigenvalue weighted by Gasteiger charge is 2.32. The number of aryl methyl sites for hydroxylation is 1. The smallest absolute Gasteiger partial charge is 0.347 e. The number of halogens is 1. The van der Waals surface area contributed by atoms with E-state index in [-0.39, 0.29) is 23.5 Å². The van der Waals surface area contributed by atoms with Crippen molar-refractivity contribution < 1.29 is 23.5 Å². The van der Waals surface area contributed by atoms with Crippen molar-refractivity contribution in [2.24, 2.45) is 0 Å². The fraction of sp³-hybridized carbons (Fsp3) is 0.333. The highest BCUT2D eigenvalue weighted by Crippen LogP contribution is 2.30.